The van der Waals surface area contributed by atoms with Gasteiger partial charge in [0.15, 0.2) is 0 Å². The molecule has 48 heavy (non-hydrogen) atoms. The second-order valence-corrected chi connectivity index (χ2v) is 12.6. The molecule has 0 saturated heterocycles. The van der Waals surface area contributed by atoms with Crippen molar-refractivity contribution < 1.29 is 37.4 Å². The van der Waals surface area contributed by atoms with E-state index in [1.807, 2.05) is 6.92 Å². The zero-order valence-electron chi connectivity index (χ0n) is 28.8. The van der Waals surface area contributed by atoms with Crippen LogP contribution in [0.1, 0.15) is 109 Å². The number of esters is 1. The summed E-state index contributed by atoms with van der Waals surface area (Å²) in [4.78, 5) is 38.4. The van der Waals surface area contributed by atoms with Crippen molar-refractivity contribution in [2.45, 2.75) is 122 Å². The number of amides is 1. The van der Waals surface area contributed by atoms with Crippen molar-refractivity contribution >= 4 is 17.8 Å². The average Bonchev–Trinajstić information content (AvgIpc) is 3.06. The first-order valence-electron chi connectivity index (χ1n) is 17.5. The van der Waals surface area contributed by atoms with E-state index in [1.165, 1.54) is 13.2 Å². The third-order valence-electron chi connectivity index (χ3n) is 8.69. The molecule has 3 atom stereocenters. The van der Waals surface area contributed by atoms with E-state index in [0.717, 1.165) is 38.5 Å². The molecule has 0 aromatic heterocycles. The minimum Gasteiger partial charge on any atom is -0.481 e. The van der Waals surface area contributed by atoms with Crippen LogP contribution in [-0.4, -0.2) is 42.0 Å². The molecule has 0 aliphatic rings. The maximum Gasteiger partial charge on any atom is 0.328 e. The van der Waals surface area contributed by atoms with Crippen molar-refractivity contribution in [3.05, 3.63) is 72.1 Å². The number of allylic oxidation sites excluding steroid dienone is 1. The second kappa shape index (κ2) is 22.1. The SMILES string of the molecule is CCCCCCCC(F)(F)CCCCCCC=C[C@H](C(=O)N[C@@H](Cc1ccc(-c2ccccc2F)cc1)C(=O)OC)[C@@H](CCC)C(=O)O. The Morgan fingerprint density at radius 1 is 0.875 bits per heavy atom. The number of hydrogen-bond donors (Lipinski definition) is 2. The van der Waals surface area contributed by atoms with E-state index in [1.54, 1.807) is 54.6 Å². The zero-order valence-corrected chi connectivity index (χ0v) is 28.8. The number of carbonyl (C=O) groups excluding carboxylic acids is 2. The molecule has 0 radical (unpaired) electrons. The summed E-state index contributed by atoms with van der Waals surface area (Å²) in [6, 6.07) is 12.3. The Morgan fingerprint density at radius 2 is 1.50 bits per heavy atom. The summed E-state index contributed by atoms with van der Waals surface area (Å²) in [5.74, 6) is -7.36. The number of hydrogen-bond acceptors (Lipinski definition) is 4. The Hall–Kier alpha value is -3.62. The van der Waals surface area contributed by atoms with E-state index >= 15 is 0 Å². The Kier molecular flexibility index (Phi) is 18.7. The van der Waals surface area contributed by atoms with Crippen LogP contribution < -0.4 is 5.32 Å². The molecule has 2 rings (SSSR count). The normalized spacial score (nSPS) is 13.6. The van der Waals surface area contributed by atoms with Gasteiger partial charge in [-0.25, -0.2) is 18.0 Å². The summed E-state index contributed by atoms with van der Waals surface area (Å²) in [6.45, 7) is 3.94. The third-order valence-corrected chi connectivity index (χ3v) is 8.69. The third kappa shape index (κ3) is 14.7. The van der Waals surface area contributed by atoms with Gasteiger partial charge >= 0.3 is 11.9 Å². The fraction of sp³-hybridized carbons (Fsp3) is 0.564. The van der Waals surface area contributed by atoms with Crippen LogP contribution in [-0.2, 0) is 25.5 Å². The summed E-state index contributed by atoms with van der Waals surface area (Å²) in [6.07, 6.45) is 11.9. The van der Waals surface area contributed by atoms with Crippen molar-refractivity contribution in [1.82, 2.24) is 5.32 Å². The molecule has 0 aliphatic heterocycles. The largest absolute Gasteiger partial charge is 0.481 e. The Bertz CT molecular complexity index is 1280. The fourth-order valence-electron chi connectivity index (χ4n) is 5.88. The van der Waals surface area contributed by atoms with E-state index in [4.69, 9.17) is 4.74 Å². The maximum atomic E-state index is 14.2. The Labute approximate surface area is 284 Å². The molecule has 0 saturated carbocycles. The van der Waals surface area contributed by atoms with Gasteiger partial charge in [0.1, 0.15) is 11.9 Å². The highest BCUT2D eigenvalue weighted by Crippen LogP contribution is 2.29. The molecule has 0 bridgehead atoms. The minimum atomic E-state index is -2.62. The number of ether oxygens (including phenoxy) is 1. The molecular weight excluding hydrogens is 619 g/mol. The highest BCUT2D eigenvalue weighted by Gasteiger charge is 2.34. The number of benzene rings is 2. The smallest absolute Gasteiger partial charge is 0.328 e. The van der Waals surface area contributed by atoms with Gasteiger partial charge in [0.2, 0.25) is 11.8 Å². The Morgan fingerprint density at radius 3 is 2.08 bits per heavy atom. The maximum absolute atomic E-state index is 14.2. The standard InChI is InChI=1S/C39H54F3NO5/c1-4-6-7-11-16-26-39(41,42)27-17-12-9-8-10-13-20-32(33(18-5-2)37(45)46)36(44)43-35(38(47)48-3)28-29-22-24-30(25-23-29)31-19-14-15-21-34(31)40/h13-15,19-25,32-33,35H,4-12,16-18,26-28H2,1-3H3,(H,43,44)(H,45,46)/t32-,33+,35-/m0/s1. The summed E-state index contributed by atoms with van der Waals surface area (Å²) < 4.78 is 47.5. The van der Waals surface area contributed by atoms with Crippen molar-refractivity contribution in [2.24, 2.45) is 11.8 Å². The van der Waals surface area contributed by atoms with Crippen LogP contribution in [0.25, 0.3) is 11.1 Å². The lowest BCUT2D eigenvalue weighted by molar-refractivity contribution is -0.148. The lowest BCUT2D eigenvalue weighted by atomic mass is 9.86. The summed E-state index contributed by atoms with van der Waals surface area (Å²) in [5, 5.41) is 12.7. The van der Waals surface area contributed by atoms with Gasteiger partial charge in [-0.1, -0.05) is 113 Å². The number of alkyl halides is 2. The molecule has 6 nitrogen and oxygen atoms in total. The lowest BCUT2D eigenvalue weighted by Gasteiger charge is -2.23. The number of carboxylic acids is 1. The van der Waals surface area contributed by atoms with Gasteiger partial charge in [-0.2, -0.15) is 0 Å². The molecule has 0 aliphatic carbocycles. The molecule has 0 spiro atoms. The second-order valence-electron chi connectivity index (χ2n) is 12.6. The average molecular weight is 674 g/mol. The van der Waals surface area contributed by atoms with Crippen molar-refractivity contribution in [2.75, 3.05) is 7.11 Å². The van der Waals surface area contributed by atoms with Crippen LogP contribution in [0.3, 0.4) is 0 Å². The molecule has 2 aromatic carbocycles. The Balaban J connectivity index is 1.99. The first kappa shape index (κ1) is 40.6. The van der Waals surface area contributed by atoms with Gasteiger partial charge in [-0.05, 0) is 49.3 Å². The van der Waals surface area contributed by atoms with Crippen molar-refractivity contribution in [1.29, 1.82) is 0 Å². The molecule has 2 N–H and O–H groups in total. The highest BCUT2D eigenvalue weighted by atomic mass is 19.3. The number of carboxylic acid groups (broad SMARTS) is 1. The minimum absolute atomic E-state index is 0.0516. The van der Waals surface area contributed by atoms with Crippen LogP contribution in [0.4, 0.5) is 13.2 Å². The number of halogens is 3. The molecule has 2 aromatic rings. The fourth-order valence-corrected chi connectivity index (χ4v) is 5.88. The van der Waals surface area contributed by atoms with Gasteiger partial charge < -0.3 is 15.2 Å². The van der Waals surface area contributed by atoms with Crippen LogP contribution in [0.15, 0.2) is 60.7 Å². The first-order valence-corrected chi connectivity index (χ1v) is 17.5. The molecule has 9 heteroatoms. The number of unbranched alkanes of at least 4 members (excludes halogenated alkanes) is 8. The predicted octanol–water partition coefficient (Wildman–Crippen LogP) is 9.70. The van der Waals surface area contributed by atoms with Gasteiger partial charge in [0, 0.05) is 24.8 Å². The van der Waals surface area contributed by atoms with Crippen LogP contribution in [0.5, 0.6) is 0 Å². The number of methoxy groups -OCH3 is 1. The van der Waals surface area contributed by atoms with Crippen molar-refractivity contribution in [3.8, 4) is 11.1 Å². The lowest BCUT2D eigenvalue weighted by Crippen LogP contribution is -2.47. The topological polar surface area (TPSA) is 92.7 Å². The molecule has 0 heterocycles. The van der Waals surface area contributed by atoms with Crippen molar-refractivity contribution in [3.63, 3.8) is 0 Å². The quantitative estimate of drug-likeness (QED) is 0.0658. The molecule has 0 unspecified atom stereocenters. The van der Waals surface area contributed by atoms with E-state index in [0.29, 0.717) is 48.8 Å². The van der Waals surface area contributed by atoms with E-state index in [-0.39, 0.29) is 31.5 Å². The summed E-state index contributed by atoms with van der Waals surface area (Å²) in [7, 11) is 1.22. The van der Waals surface area contributed by atoms with Gasteiger partial charge in [-0.15, -0.1) is 0 Å². The number of carbonyl (C=O) groups is 3. The number of nitrogens with one attached hydrogen (secondary N) is 1. The predicted molar refractivity (Wildman–Crippen MR) is 184 cm³/mol. The zero-order chi connectivity index (χ0) is 35.4. The number of rotatable bonds is 24. The van der Waals surface area contributed by atoms with E-state index in [2.05, 4.69) is 12.2 Å². The molecular formula is C39H54F3NO5. The van der Waals surface area contributed by atoms with Crippen LogP contribution in [0, 0.1) is 17.7 Å². The highest BCUT2D eigenvalue weighted by molar-refractivity contribution is 5.90. The molecule has 0 fully saturated rings. The summed E-state index contributed by atoms with van der Waals surface area (Å²) in [5.41, 5.74) is 1.80. The van der Waals surface area contributed by atoms with Gasteiger partial charge in [-0.3, -0.25) is 9.59 Å². The first-order chi connectivity index (χ1) is 23.0. The van der Waals surface area contributed by atoms with Gasteiger partial charge in [0.05, 0.1) is 18.9 Å². The summed E-state index contributed by atoms with van der Waals surface area (Å²) >= 11 is 0. The van der Waals surface area contributed by atoms with Gasteiger partial charge in [0.25, 0.3) is 0 Å². The van der Waals surface area contributed by atoms with Crippen LogP contribution in [0.2, 0.25) is 0 Å². The van der Waals surface area contributed by atoms with E-state index < -0.39 is 41.6 Å². The molecule has 266 valence electrons. The molecule has 1 amide bonds. The van der Waals surface area contributed by atoms with E-state index in [9.17, 15) is 32.7 Å². The number of aliphatic carboxylic acids is 1. The van der Waals surface area contributed by atoms with Crippen LogP contribution >= 0.6 is 0 Å². The monoisotopic (exact) mass is 673 g/mol.